The number of nitrogens with zero attached hydrogens (tertiary/aromatic N) is 1. The Morgan fingerprint density at radius 3 is 2.72 bits per heavy atom. The van der Waals surface area contributed by atoms with Crippen molar-refractivity contribution in [2.75, 3.05) is 24.2 Å². The maximum absolute atomic E-state index is 11.6. The van der Waals surface area contributed by atoms with Gasteiger partial charge in [-0.2, -0.15) is 0 Å². The predicted octanol–water partition coefficient (Wildman–Crippen LogP) is 1.59. The fourth-order valence-electron chi connectivity index (χ4n) is 2.67. The van der Waals surface area contributed by atoms with Crippen molar-refractivity contribution in [1.29, 1.82) is 0 Å². The van der Waals surface area contributed by atoms with Crippen LogP contribution in [0.25, 0.3) is 11.1 Å². The molecule has 25 heavy (non-hydrogen) atoms. The van der Waals surface area contributed by atoms with Gasteiger partial charge in [0, 0.05) is 42.5 Å². The normalized spacial score (nSPS) is 17.4. The first-order chi connectivity index (χ1) is 11.8. The van der Waals surface area contributed by atoms with Crippen LogP contribution in [0.5, 0.6) is 5.75 Å². The Hall–Kier alpha value is -2.32. The van der Waals surface area contributed by atoms with E-state index in [0.29, 0.717) is 30.2 Å². The number of aromatic nitrogens is 1. The molecule has 134 valence electrons. The summed E-state index contributed by atoms with van der Waals surface area (Å²) in [6, 6.07) is 8.24. The van der Waals surface area contributed by atoms with E-state index in [4.69, 9.17) is 9.47 Å². The molecule has 0 saturated carbocycles. The highest BCUT2D eigenvalue weighted by atomic mass is 32.2. The minimum absolute atomic E-state index is 0.0417. The zero-order valence-electron chi connectivity index (χ0n) is 14.1. The molecule has 0 spiro atoms. The minimum Gasteiger partial charge on any atom is -0.487 e. The van der Waals surface area contributed by atoms with E-state index in [1.54, 1.807) is 37.5 Å². The molecule has 1 aromatic carbocycles. The van der Waals surface area contributed by atoms with E-state index in [1.165, 1.54) is 10.6 Å². The Labute approximate surface area is 146 Å². The van der Waals surface area contributed by atoms with Gasteiger partial charge in [-0.05, 0) is 24.3 Å². The maximum atomic E-state index is 11.6. The summed E-state index contributed by atoms with van der Waals surface area (Å²) >= 11 is 0. The second-order valence-electron chi connectivity index (χ2n) is 6.06. The summed E-state index contributed by atoms with van der Waals surface area (Å²) in [4.78, 5) is 11.6. The summed E-state index contributed by atoms with van der Waals surface area (Å²) in [6.45, 7) is 1.18. The first-order valence-electron chi connectivity index (χ1n) is 7.85. The van der Waals surface area contributed by atoms with Gasteiger partial charge in [0.2, 0.25) is 15.6 Å². The molecule has 0 aliphatic carbocycles. The molecule has 0 bridgehead atoms. The summed E-state index contributed by atoms with van der Waals surface area (Å²) in [5.41, 5.74) is 1.77. The van der Waals surface area contributed by atoms with Gasteiger partial charge in [-0.1, -0.05) is 0 Å². The lowest BCUT2D eigenvalue weighted by Gasteiger charge is -2.17. The Bertz CT molecular complexity index is 930. The van der Waals surface area contributed by atoms with Gasteiger partial charge in [-0.25, -0.2) is 8.42 Å². The van der Waals surface area contributed by atoms with Crippen LogP contribution < -0.4 is 15.0 Å². The van der Waals surface area contributed by atoms with Crippen LogP contribution in [0.15, 0.2) is 41.3 Å². The van der Waals surface area contributed by atoms with Crippen molar-refractivity contribution in [3.05, 3.63) is 46.9 Å². The van der Waals surface area contributed by atoms with E-state index in [0.717, 1.165) is 18.2 Å². The van der Waals surface area contributed by atoms with Crippen LogP contribution in [-0.4, -0.2) is 38.6 Å². The quantitative estimate of drug-likeness (QED) is 0.871. The van der Waals surface area contributed by atoms with Gasteiger partial charge in [-0.3, -0.25) is 9.52 Å². The van der Waals surface area contributed by atoms with E-state index in [-0.39, 0.29) is 11.7 Å². The van der Waals surface area contributed by atoms with Crippen molar-refractivity contribution in [3.63, 3.8) is 0 Å². The van der Waals surface area contributed by atoms with Crippen molar-refractivity contribution < 1.29 is 17.9 Å². The van der Waals surface area contributed by atoms with Crippen LogP contribution >= 0.6 is 0 Å². The SMILES string of the molecule is Cn1cc(-c2cc(NS(C)(=O)=O)ccc2OC2CCOC2)ccc1=O. The van der Waals surface area contributed by atoms with E-state index >= 15 is 0 Å². The molecule has 1 N–H and O–H groups in total. The second-order valence-corrected chi connectivity index (χ2v) is 7.80. The molecule has 2 heterocycles. The van der Waals surface area contributed by atoms with Crippen LogP contribution in [0.2, 0.25) is 0 Å². The molecule has 1 aromatic heterocycles. The largest absolute Gasteiger partial charge is 0.487 e. The third kappa shape index (κ3) is 4.40. The van der Waals surface area contributed by atoms with E-state index in [2.05, 4.69) is 4.72 Å². The van der Waals surface area contributed by atoms with Gasteiger partial charge in [0.15, 0.2) is 0 Å². The Kier molecular flexibility index (Phi) is 4.82. The van der Waals surface area contributed by atoms with Crippen LogP contribution in [0.1, 0.15) is 6.42 Å². The van der Waals surface area contributed by atoms with Crippen LogP contribution in [-0.2, 0) is 21.8 Å². The van der Waals surface area contributed by atoms with E-state index in [9.17, 15) is 13.2 Å². The number of aryl methyl sites for hydroxylation is 1. The smallest absolute Gasteiger partial charge is 0.250 e. The standard InChI is InChI=1S/C17H20N2O5S/c1-19-10-12(3-6-17(19)20)15-9-13(18-25(2,21)22)4-5-16(15)24-14-7-8-23-11-14/h3-6,9-10,14,18H,7-8,11H2,1-2H3. The fraction of sp³-hybridized carbons (Fsp3) is 0.353. The molecular weight excluding hydrogens is 344 g/mol. The molecule has 7 nitrogen and oxygen atoms in total. The molecule has 1 aliphatic rings. The van der Waals surface area contributed by atoms with Gasteiger partial charge < -0.3 is 14.0 Å². The van der Waals surface area contributed by atoms with Gasteiger partial charge in [0.1, 0.15) is 11.9 Å². The highest BCUT2D eigenvalue weighted by Gasteiger charge is 2.20. The lowest BCUT2D eigenvalue weighted by molar-refractivity contribution is 0.142. The molecule has 1 unspecified atom stereocenters. The van der Waals surface area contributed by atoms with Gasteiger partial charge in [-0.15, -0.1) is 0 Å². The number of benzene rings is 1. The monoisotopic (exact) mass is 364 g/mol. The molecule has 2 aromatic rings. The van der Waals surface area contributed by atoms with Gasteiger partial charge >= 0.3 is 0 Å². The summed E-state index contributed by atoms with van der Waals surface area (Å²) in [6.07, 6.45) is 3.55. The molecule has 1 atom stereocenters. The Balaban J connectivity index is 2.04. The van der Waals surface area contributed by atoms with E-state index < -0.39 is 10.0 Å². The van der Waals surface area contributed by atoms with Gasteiger partial charge in [0.25, 0.3) is 0 Å². The number of rotatable bonds is 5. The third-order valence-corrected chi connectivity index (χ3v) is 4.47. The van der Waals surface area contributed by atoms with Gasteiger partial charge in [0.05, 0.1) is 19.5 Å². The van der Waals surface area contributed by atoms with Crippen molar-refractivity contribution in [1.82, 2.24) is 4.57 Å². The average Bonchev–Trinajstić information content (AvgIpc) is 3.03. The molecule has 1 fully saturated rings. The van der Waals surface area contributed by atoms with Crippen LogP contribution in [0.4, 0.5) is 5.69 Å². The summed E-state index contributed by atoms with van der Waals surface area (Å²) in [7, 11) is -1.73. The van der Waals surface area contributed by atoms with Crippen LogP contribution in [0.3, 0.4) is 0 Å². The number of ether oxygens (including phenoxy) is 2. The topological polar surface area (TPSA) is 86.6 Å². The van der Waals surface area contributed by atoms with Crippen molar-refractivity contribution in [2.24, 2.45) is 7.05 Å². The number of anilines is 1. The second kappa shape index (κ2) is 6.89. The molecule has 3 rings (SSSR count). The molecule has 8 heteroatoms. The maximum Gasteiger partial charge on any atom is 0.250 e. The Morgan fingerprint density at radius 1 is 1.28 bits per heavy atom. The number of pyridine rings is 1. The van der Waals surface area contributed by atoms with Crippen LogP contribution in [0, 0.1) is 0 Å². The van der Waals surface area contributed by atoms with Crippen molar-refractivity contribution in [2.45, 2.75) is 12.5 Å². The van der Waals surface area contributed by atoms with Crippen molar-refractivity contribution >= 4 is 15.7 Å². The first kappa shape index (κ1) is 17.5. The molecule has 1 saturated heterocycles. The summed E-state index contributed by atoms with van der Waals surface area (Å²) in [5.74, 6) is 0.619. The molecule has 1 aliphatic heterocycles. The lowest BCUT2D eigenvalue weighted by atomic mass is 10.1. The number of hydrogen-bond donors (Lipinski definition) is 1. The minimum atomic E-state index is -3.39. The van der Waals surface area contributed by atoms with Crippen molar-refractivity contribution in [3.8, 4) is 16.9 Å². The number of hydrogen-bond acceptors (Lipinski definition) is 5. The number of sulfonamides is 1. The Morgan fingerprint density at radius 2 is 2.08 bits per heavy atom. The average molecular weight is 364 g/mol. The molecule has 0 amide bonds. The van der Waals surface area contributed by atoms with E-state index in [1.807, 2.05) is 0 Å². The highest BCUT2D eigenvalue weighted by molar-refractivity contribution is 7.92. The molecular formula is C17H20N2O5S. The predicted molar refractivity (Wildman–Crippen MR) is 95.4 cm³/mol. The third-order valence-electron chi connectivity index (χ3n) is 3.86. The zero-order chi connectivity index (χ0) is 18.0. The zero-order valence-corrected chi connectivity index (χ0v) is 14.9. The first-order valence-corrected chi connectivity index (χ1v) is 9.74. The number of nitrogens with one attached hydrogen (secondary N) is 1. The molecule has 0 radical (unpaired) electrons. The fourth-order valence-corrected chi connectivity index (χ4v) is 3.23. The highest BCUT2D eigenvalue weighted by Crippen LogP contribution is 2.34. The summed E-state index contributed by atoms with van der Waals surface area (Å²) in [5, 5.41) is 0. The summed E-state index contributed by atoms with van der Waals surface area (Å²) < 4.78 is 38.3. The lowest BCUT2D eigenvalue weighted by Crippen LogP contribution is -2.17.